The second kappa shape index (κ2) is 2.95. The minimum Gasteiger partial charge on any atom is -0.363 e. The maximum absolute atomic E-state index is 11.2. The molecule has 2 aromatic rings. The van der Waals surface area contributed by atoms with Gasteiger partial charge in [0.15, 0.2) is 0 Å². The normalized spacial score (nSPS) is 10.3. The van der Waals surface area contributed by atoms with E-state index in [4.69, 9.17) is 0 Å². The van der Waals surface area contributed by atoms with Crippen LogP contribution >= 0.6 is 0 Å². The Balaban J connectivity index is 2.86. The number of hydrogen-bond acceptors (Lipinski definition) is 4. The minimum absolute atomic E-state index is 0.345. The quantitative estimate of drug-likeness (QED) is 0.507. The van der Waals surface area contributed by atoms with E-state index in [0.717, 1.165) is 0 Å². The van der Waals surface area contributed by atoms with Crippen LogP contribution < -0.4 is 5.63 Å². The van der Waals surface area contributed by atoms with Gasteiger partial charge in [-0.05, 0) is 11.5 Å². The lowest BCUT2D eigenvalue weighted by atomic mass is 10.2. The van der Waals surface area contributed by atoms with Gasteiger partial charge in [-0.25, -0.2) is 4.79 Å². The number of hydrogen-bond donors (Lipinski definition) is 0. The molecule has 0 amide bonds. The van der Waals surface area contributed by atoms with E-state index in [9.17, 15) is 14.9 Å². The molecule has 1 heterocycles. The molecule has 14 heavy (non-hydrogen) atoms. The topological polar surface area (TPSA) is 73.3 Å². The van der Waals surface area contributed by atoms with E-state index in [1.165, 1.54) is 6.07 Å². The summed E-state index contributed by atoms with van der Waals surface area (Å²) in [7, 11) is 0. The van der Waals surface area contributed by atoms with Crippen molar-refractivity contribution in [1.29, 1.82) is 0 Å². The summed E-state index contributed by atoms with van der Waals surface area (Å²) in [6.45, 7) is 0. The zero-order chi connectivity index (χ0) is 10.1. The molecule has 2 rings (SSSR count). The molecule has 0 aliphatic carbocycles. The molecule has 1 aromatic carbocycles. The van der Waals surface area contributed by atoms with Crippen molar-refractivity contribution in [2.24, 2.45) is 0 Å². The largest absolute Gasteiger partial charge is 0.436 e. The second-order valence-corrected chi connectivity index (χ2v) is 2.72. The summed E-state index contributed by atoms with van der Waals surface area (Å²) >= 11 is 0. The van der Waals surface area contributed by atoms with Gasteiger partial charge in [-0.15, -0.1) is 0 Å². The van der Waals surface area contributed by atoms with Crippen LogP contribution in [0, 0.1) is 10.1 Å². The van der Waals surface area contributed by atoms with Crippen LogP contribution in [-0.4, -0.2) is 4.92 Å². The summed E-state index contributed by atoms with van der Waals surface area (Å²) in [5.74, 6) is -0.534. The van der Waals surface area contributed by atoms with E-state index in [1.54, 1.807) is 24.3 Å². The first-order valence-corrected chi connectivity index (χ1v) is 3.86. The highest BCUT2D eigenvalue weighted by Gasteiger charge is 2.11. The van der Waals surface area contributed by atoms with Gasteiger partial charge in [0.05, 0.1) is 11.5 Å². The Kier molecular flexibility index (Phi) is 1.78. The summed E-state index contributed by atoms with van der Waals surface area (Å²) in [6.07, 6.45) is 0. The third-order valence-corrected chi connectivity index (χ3v) is 1.84. The molecule has 0 aliphatic rings. The fourth-order valence-corrected chi connectivity index (χ4v) is 1.21. The predicted octanol–water partition coefficient (Wildman–Crippen LogP) is 1.70. The molecule has 0 radical (unpaired) electrons. The van der Waals surface area contributed by atoms with Gasteiger partial charge in [0.1, 0.15) is 4.92 Å². The molecule has 5 nitrogen and oxygen atoms in total. The highest BCUT2D eigenvalue weighted by atomic mass is 16.6. The molecule has 0 saturated carbocycles. The van der Waals surface area contributed by atoms with Crippen LogP contribution in [0.5, 0.6) is 0 Å². The van der Waals surface area contributed by atoms with Crippen LogP contribution in [0.3, 0.4) is 0 Å². The smallest absolute Gasteiger partial charge is 0.363 e. The fourth-order valence-electron chi connectivity index (χ4n) is 1.21. The van der Waals surface area contributed by atoms with Crippen LogP contribution in [0.15, 0.2) is 39.5 Å². The Morgan fingerprint density at radius 2 is 2.00 bits per heavy atom. The maximum atomic E-state index is 11.2. The first kappa shape index (κ1) is 8.43. The Morgan fingerprint density at radius 3 is 2.71 bits per heavy atom. The standard InChI is InChI=1S/C9H5NO4/c11-9-7-4-2-1-3-6(7)5-8(14-9)10(12)13/h1-5H. The van der Waals surface area contributed by atoms with Crippen molar-refractivity contribution in [3.05, 3.63) is 50.9 Å². The lowest BCUT2D eigenvalue weighted by molar-refractivity contribution is -0.403. The van der Waals surface area contributed by atoms with Gasteiger partial charge in [-0.2, -0.15) is 0 Å². The first-order valence-electron chi connectivity index (χ1n) is 3.86. The van der Waals surface area contributed by atoms with Gasteiger partial charge in [-0.1, -0.05) is 18.2 Å². The van der Waals surface area contributed by atoms with Gasteiger partial charge < -0.3 is 4.42 Å². The van der Waals surface area contributed by atoms with Crippen molar-refractivity contribution in [2.45, 2.75) is 0 Å². The van der Waals surface area contributed by atoms with Crippen molar-refractivity contribution in [3.63, 3.8) is 0 Å². The average Bonchev–Trinajstić information content (AvgIpc) is 2.17. The number of rotatable bonds is 1. The molecule has 70 valence electrons. The van der Waals surface area contributed by atoms with Crippen molar-refractivity contribution in [3.8, 4) is 0 Å². The van der Waals surface area contributed by atoms with Crippen molar-refractivity contribution in [2.75, 3.05) is 0 Å². The molecule has 0 atom stereocenters. The maximum Gasteiger partial charge on any atom is 0.436 e. The monoisotopic (exact) mass is 191 g/mol. The van der Waals surface area contributed by atoms with Gasteiger partial charge in [0, 0.05) is 0 Å². The summed E-state index contributed by atoms with van der Waals surface area (Å²) in [5.41, 5.74) is -0.685. The molecule has 0 spiro atoms. The highest BCUT2D eigenvalue weighted by Crippen LogP contribution is 2.16. The number of nitro groups is 1. The average molecular weight is 191 g/mol. The Hall–Kier alpha value is -2.17. The Labute approximate surface area is 77.7 Å². The minimum atomic E-state index is -0.728. The summed E-state index contributed by atoms with van der Waals surface area (Å²) in [4.78, 5) is 20.9. The van der Waals surface area contributed by atoms with Gasteiger partial charge in [0.2, 0.25) is 0 Å². The number of benzene rings is 1. The number of fused-ring (bicyclic) bond motifs is 1. The summed E-state index contributed by atoms with van der Waals surface area (Å²) in [6, 6.07) is 7.79. The summed E-state index contributed by atoms with van der Waals surface area (Å²) < 4.78 is 4.50. The highest BCUT2D eigenvalue weighted by molar-refractivity contribution is 5.81. The molecule has 0 saturated heterocycles. The van der Waals surface area contributed by atoms with E-state index in [2.05, 4.69) is 4.42 Å². The molecule has 0 unspecified atom stereocenters. The molecule has 1 aromatic heterocycles. The lowest BCUT2D eigenvalue weighted by Crippen LogP contribution is -2.01. The van der Waals surface area contributed by atoms with Crippen molar-refractivity contribution < 1.29 is 9.34 Å². The van der Waals surface area contributed by atoms with Crippen LogP contribution in [0.2, 0.25) is 0 Å². The Morgan fingerprint density at radius 1 is 1.29 bits per heavy atom. The molecular formula is C9H5NO4. The van der Waals surface area contributed by atoms with Crippen LogP contribution in [0.4, 0.5) is 5.88 Å². The predicted molar refractivity (Wildman–Crippen MR) is 49.1 cm³/mol. The van der Waals surface area contributed by atoms with Crippen LogP contribution in [0.25, 0.3) is 10.8 Å². The van der Waals surface area contributed by atoms with E-state index in [0.29, 0.717) is 10.8 Å². The van der Waals surface area contributed by atoms with Crippen molar-refractivity contribution in [1.82, 2.24) is 0 Å². The second-order valence-electron chi connectivity index (χ2n) is 2.72. The molecule has 0 fully saturated rings. The van der Waals surface area contributed by atoms with E-state index in [1.807, 2.05) is 0 Å². The third-order valence-electron chi connectivity index (χ3n) is 1.84. The third kappa shape index (κ3) is 1.24. The summed E-state index contributed by atoms with van der Waals surface area (Å²) in [5, 5.41) is 11.2. The molecule has 0 aliphatic heterocycles. The fraction of sp³-hybridized carbons (Fsp3) is 0. The Bertz CT molecular complexity index is 558. The zero-order valence-corrected chi connectivity index (χ0v) is 6.97. The van der Waals surface area contributed by atoms with Gasteiger partial charge in [0.25, 0.3) is 0 Å². The van der Waals surface area contributed by atoms with Gasteiger partial charge >= 0.3 is 11.5 Å². The molecule has 0 N–H and O–H groups in total. The first-order chi connectivity index (χ1) is 6.68. The molecular weight excluding hydrogens is 186 g/mol. The van der Waals surface area contributed by atoms with E-state index >= 15 is 0 Å². The van der Waals surface area contributed by atoms with Crippen LogP contribution in [0.1, 0.15) is 0 Å². The lowest BCUT2D eigenvalue weighted by Gasteiger charge is -1.94. The SMILES string of the molecule is O=c1oc([N+](=O)[O-])cc2ccccc12. The number of nitrogens with zero attached hydrogens (tertiary/aromatic N) is 1. The molecule has 5 heteroatoms. The van der Waals surface area contributed by atoms with E-state index in [-0.39, 0.29) is 0 Å². The zero-order valence-electron chi connectivity index (χ0n) is 6.97. The van der Waals surface area contributed by atoms with Crippen molar-refractivity contribution >= 4 is 16.7 Å². The van der Waals surface area contributed by atoms with Crippen LogP contribution in [-0.2, 0) is 0 Å². The van der Waals surface area contributed by atoms with Gasteiger partial charge in [-0.3, -0.25) is 10.1 Å². The molecule has 0 bridgehead atoms. The van der Waals surface area contributed by atoms with E-state index < -0.39 is 16.4 Å².